The fraction of sp³-hybridized carbons (Fsp3) is 0.133. The molecule has 2 aromatic rings. The molecule has 0 unspecified atom stereocenters. The Labute approximate surface area is 111 Å². The first-order valence-corrected chi connectivity index (χ1v) is 5.91. The normalized spacial score (nSPS) is 10.1. The summed E-state index contributed by atoms with van der Waals surface area (Å²) in [5, 5.41) is 2.76. The summed E-state index contributed by atoms with van der Waals surface area (Å²) in [5.41, 5.74) is 2.11. The van der Waals surface area contributed by atoms with Crippen molar-refractivity contribution in [2.75, 3.05) is 19.4 Å². The molecule has 0 heterocycles. The molecule has 2 aromatic carbocycles. The van der Waals surface area contributed by atoms with Crippen LogP contribution in [0.2, 0.25) is 0 Å². The van der Waals surface area contributed by atoms with Crippen LogP contribution in [0, 0.1) is 5.82 Å². The van der Waals surface area contributed by atoms with Crippen molar-refractivity contribution in [1.82, 2.24) is 4.90 Å². The van der Waals surface area contributed by atoms with Gasteiger partial charge in [0.2, 0.25) is 0 Å². The Kier molecular flexibility index (Phi) is 3.80. The second kappa shape index (κ2) is 5.52. The molecule has 0 atom stereocenters. The van der Waals surface area contributed by atoms with Gasteiger partial charge in [-0.3, -0.25) is 0 Å². The highest BCUT2D eigenvalue weighted by Crippen LogP contribution is 2.28. The third-order valence-electron chi connectivity index (χ3n) is 2.71. The second-order valence-electron chi connectivity index (χ2n) is 4.38. The smallest absolute Gasteiger partial charge is 0.321 e. The Morgan fingerprint density at radius 1 is 1.11 bits per heavy atom. The SMILES string of the molecule is CN(C)C(=O)Nc1ccc(F)cc1-c1ccccc1. The van der Waals surface area contributed by atoms with Gasteiger partial charge in [0.15, 0.2) is 0 Å². The van der Waals surface area contributed by atoms with Gasteiger partial charge in [0.05, 0.1) is 5.69 Å². The largest absolute Gasteiger partial charge is 0.331 e. The molecule has 2 amide bonds. The van der Waals surface area contributed by atoms with Crippen molar-refractivity contribution in [2.24, 2.45) is 0 Å². The van der Waals surface area contributed by atoms with Crippen molar-refractivity contribution in [1.29, 1.82) is 0 Å². The predicted molar refractivity (Wildman–Crippen MR) is 74.5 cm³/mol. The lowest BCUT2D eigenvalue weighted by atomic mass is 10.0. The number of rotatable bonds is 2. The van der Waals surface area contributed by atoms with E-state index in [-0.39, 0.29) is 11.8 Å². The van der Waals surface area contributed by atoms with E-state index in [9.17, 15) is 9.18 Å². The van der Waals surface area contributed by atoms with Gasteiger partial charge in [-0.25, -0.2) is 9.18 Å². The summed E-state index contributed by atoms with van der Waals surface area (Å²) in [7, 11) is 3.31. The number of benzene rings is 2. The molecule has 0 aliphatic rings. The van der Waals surface area contributed by atoms with Gasteiger partial charge in [0.1, 0.15) is 5.82 Å². The Balaban J connectivity index is 2.42. The number of hydrogen-bond donors (Lipinski definition) is 1. The Morgan fingerprint density at radius 2 is 1.79 bits per heavy atom. The number of nitrogens with zero attached hydrogens (tertiary/aromatic N) is 1. The molecule has 0 saturated heterocycles. The van der Waals surface area contributed by atoms with Gasteiger partial charge < -0.3 is 10.2 Å². The first-order chi connectivity index (χ1) is 9.08. The molecule has 1 N–H and O–H groups in total. The average Bonchev–Trinajstić information content (AvgIpc) is 2.41. The van der Waals surface area contributed by atoms with Gasteiger partial charge in [-0.2, -0.15) is 0 Å². The van der Waals surface area contributed by atoms with Crippen molar-refractivity contribution < 1.29 is 9.18 Å². The van der Waals surface area contributed by atoms with Crippen LogP contribution in [0.1, 0.15) is 0 Å². The fourth-order valence-corrected chi connectivity index (χ4v) is 1.71. The van der Waals surface area contributed by atoms with Crippen LogP contribution in [0.3, 0.4) is 0 Å². The van der Waals surface area contributed by atoms with Crippen LogP contribution in [-0.4, -0.2) is 25.0 Å². The summed E-state index contributed by atoms with van der Waals surface area (Å²) in [6.07, 6.45) is 0. The van der Waals surface area contributed by atoms with Crippen LogP contribution in [0.4, 0.5) is 14.9 Å². The predicted octanol–water partition coefficient (Wildman–Crippen LogP) is 3.59. The van der Waals surface area contributed by atoms with Gasteiger partial charge >= 0.3 is 6.03 Å². The number of halogens is 1. The van der Waals surface area contributed by atoms with Gasteiger partial charge in [-0.15, -0.1) is 0 Å². The van der Waals surface area contributed by atoms with E-state index < -0.39 is 0 Å². The highest BCUT2D eigenvalue weighted by atomic mass is 19.1. The lowest BCUT2D eigenvalue weighted by Gasteiger charge is -2.15. The summed E-state index contributed by atoms with van der Waals surface area (Å²) in [6, 6.07) is 13.5. The highest BCUT2D eigenvalue weighted by Gasteiger charge is 2.10. The molecule has 0 bridgehead atoms. The first kappa shape index (κ1) is 13.1. The molecule has 0 aromatic heterocycles. The number of nitrogens with one attached hydrogen (secondary N) is 1. The third-order valence-corrected chi connectivity index (χ3v) is 2.71. The Bertz CT molecular complexity index is 582. The Morgan fingerprint density at radius 3 is 2.42 bits per heavy atom. The topological polar surface area (TPSA) is 32.3 Å². The molecular formula is C15H15FN2O. The van der Waals surface area contributed by atoms with E-state index in [1.807, 2.05) is 30.3 Å². The zero-order valence-corrected chi connectivity index (χ0v) is 10.9. The minimum atomic E-state index is -0.332. The maximum absolute atomic E-state index is 13.4. The molecule has 0 saturated carbocycles. The van der Waals surface area contributed by atoms with E-state index in [1.54, 1.807) is 20.2 Å². The summed E-state index contributed by atoms with van der Waals surface area (Å²) in [5.74, 6) is -0.332. The number of amides is 2. The standard InChI is InChI=1S/C15H15FN2O/c1-18(2)15(19)17-14-9-8-12(16)10-13(14)11-6-4-3-5-7-11/h3-10H,1-2H3,(H,17,19). The van der Waals surface area contributed by atoms with Gasteiger partial charge in [0.25, 0.3) is 0 Å². The minimum absolute atomic E-state index is 0.246. The highest BCUT2D eigenvalue weighted by molar-refractivity contribution is 5.94. The van der Waals surface area contributed by atoms with E-state index in [0.29, 0.717) is 11.3 Å². The zero-order chi connectivity index (χ0) is 13.8. The molecular weight excluding hydrogens is 243 g/mol. The van der Waals surface area contributed by atoms with Crippen LogP contribution in [-0.2, 0) is 0 Å². The average molecular weight is 258 g/mol. The molecule has 4 heteroatoms. The third kappa shape index (κ3) is 3.10. The summed E-state index contributed by atoms with van der Waals surface area (Å²) in [4.78, 5) is 13.1. The molecule has 2 rings (SSSR count). The van der Waals surface area contributed by atoms with Gasteiger partial charge in [0, 0.05) is 19.7 Å². The molecule has 0 fully saturated rings. The van der Waals surface area contributed by atoms with E-state index in [4.69, 9.17) is 0 Å². The maximum atomic E-state index is 13.4. The number of hydrogen-bond acceptors (Lipinski definition) is 1. The van der Waals surface area contributed by atoms with Crippen molar-refractivity contribution >= 4 is 11.7 Å². The maximum Gasteiger partial charge on any atom is 0.321 e. The van der Waals surface area contributed by atoms with Gasteiger partial charge in [-0.05, 0) is 23.8 Å². The van der Waals surface area contributed by atoms with Crippen molar-refractivity contribution in [3.8, 4) is 11.1 Å². The zero-order valence-electron chi connectivity index (χ0n) is 10.9. The molecule has 19 heavy (non-hydrogen) atoms. The summed E-state index contributed by atoms with van der Waals surface area (Å²) in [6.45, 7) is 0. The van der Waals surface area contributed by atoms with Crippen molar-refractivity contribution in [3.63, 3.8) is 0 Å². The number of carbonyl (C=O) groups excluding carboxylic acids is 1. The quantitative estimate of drug-likeness (QED) is 0.877. The van der Waals surface area contributed by atoms with E-state index >= 15 is 0 Å². The molecule has 0 aliphatic carbocycles. The lowest BCUT2D eigenvalue weighted by molar-refractivity contribution is 0.230. The van der Waals surface area contributed by atoms with Crippen molar-refractivity contribution in [2.45, 2.75) is 0 Å². The fourth-order valence-electron chi connectivity index (χ4n) is 1.71. The number of anilines is 1. The molecule has 0 spiro atoms. The van der Waals surface area contributed by atoms with Crippen LogP contribution in [0.25, 0.3) is 11.1 Å². The van der Waals surface area contributed by atoms with Gasteiger partial charge in [-0.1, -0.05) is 30.3 Å². The number of carbonyl (C=O) groups is 1. The Hall–Kier alpha value is -2.36. The molecule has 0 radical (unpaired) electrons. The van der Waals surface area contributed by atoms with E-state index in [0.717, 1.165) is 5.56 Å². The van der Waals surface area contributed by atoms with E-state index in [1.165, 1.54) is 17.0 Å². The molecule has 98 valence electrons. The minimum Gasteiger partial charge on any atom is -0.331 e. The van der Waals surface area contributed by atoms with Crippen LogP contribution in [0.5, 0.6) is 0 Å². The molecule has 0 aliphatic heterocycles. The number of urea groups is 1. The van der Waals surface area contributed by atoms with E-state index in [2.05, 4.69) is 5.32 Å². The summed E-state index contributed by atoms with van der Waals surface area (Å²) >= 11 is 0. The molecule has 3 nitrogen and oxygen atoms in total. The monoisotopic (exact) mass is 258 g/mol. The lowest BCUT2D eigenvalue weighted by Crippen LogP contribution is -2.27. The first-order valence-electron chi connectivity index (χ1n) is 5.91. The van der Waals surface area contributed by atoms with Crippen LogP contribution in [0.15, 0.2) is 48.5 Å². The van der Waals surface area contributed by atoms with Crippen LogP contribution >= 0.6 is 0 Å². The van der Waals surface area contributed by atoms with Crippen molar-refractivity contribution in [3.05, 3.63) is 54.3 Å². The van der Waals surface area contributed by atoms with Crippen LogP contribution < -0.4 is 5.32 Å². The summed E-state index contributed by atoms with van der Waals surface area (Å²) < 4.78 is 13.4. The second-order valence-corrected chi connectivity index (χ2v) is 4.38.